The van der Waals surface area contributed by atoms with Gasteiger partial charge in [-0.2, -0.15) is 103 Å². The van der Waals surface area contributed by atoms with Gasteiger partial charge in [0, 0.05) is 12.5 Å². The van der Waals surface area contributed by atoms with Crippen LogP contribution in [0.1, 0.15) is 12.6 Å². The van der Waals surface area contributed by atoms with Crippen LogP contribution in [0, 0.1) is 0 Å². The normalized spacial score (nSPS) is 27.1. The van der Waals surface area contributed by atoms with Crippen molar-refractivity contribution in [3.63, 3.8) is 0 Å². The first-order chi connectivity index (χ1) is 55.8. The van der Waals surface area contributed by atoms with Crippen molar-refractivity contribution in [1.82, 2.24) is 19.5 Å². The number of hydrogen-bond donors (Lipinski definition) is 31. The molecule has 0 amide bonds. The maximum absolute atomic E-state index is 12.1. The molecule has 3 heterocycles. The van der Waals surface area contributed by atoms with Gasteiger partial charge in [0.1, 0.15) is 41.7 Å². The first-order valence-corrected chi connectivity index (χ1v) is 66.4. The summed E-state index contributed by atoms with van der Waals surface area (Å²) < 4.78 is 376. The number of imidazole rings is 1. The van der Waals surface area contributed by atoms with Crippen molar-refractivity contribution in [1.29, 1.82) is 0 Å². The smallest absolute Gasteiger partial charge is 0.490 e. The number of ether oxygens (including phenoxy) is 1. The van der Waals surface area contributed by atoms with E-state index in [0.29, 0.717) is 22.7 Å². The Morgan fingerprint density at radius 1 is 0.352 bits per heavy atom. The fourth-order valence-corrected chi connectivity index (χ4v) is 42.1. The Labute approximate surface area is 699 Å². The van der Waals surface area contributed by atoms with E-state index in [2.05, 4.69) is 118 Å². The van der Waals surface area contributed by atoms with Crippen molar-refractivity contribution in [2.45, 2.75) is 37.0 Å². The van der Waals surface area contributed by atoms with Gasteiger partial charge in [-0.15, -0.1) is 0 Å². The number of phosphoric acid groups is 25. The summed E-state index contributed by atoms with van der Waals surface area (Å²) >= 11 is 0. The predicted molar refractivity (Wildman–Crippen MR) is 372 cm³/mol. The first kappa shape index (κ1) is 126. The molecule has 2 aromatic heterocycles. The molecular weight excluding hydrogens is 2370 g/mol. The zero-order valence-corrected chi connectivity index (χ0v) is 81.1. The first-order valence-electron chi connectivity index (χ1n) is 27.0. The van der Waals surface area contributed by atoms with Crippen molar-refractivity contribution >= 4 is 229 Å². The van der Waals surface area contributed by atoms with E-state index >= 15 is 0 Å². The van der Waals surface area contributed by atoms with Gasteiger partial charge in [0.15, 0.2) is 17.7 Å². The lowest BCUT2D eigenvalue weighted by Gasteiger charge is -2.22. The minimum atomic E-state index is -7.42. The number of carboxylic acid groups (broad SMARTS) is 1. The maximum atomic E-state index is 12.1. The second kappa shape index (κ2) is 44.3. The standard InChI is InChI=1S/C15H22N6O5S.H27O76P25/c1-27(3-2-7(16)15(24)25)4-8-10(22)11(23)14(26-8)21-6-20-9-12(17)18-5-19-13(9)21;1-77(2,3)53-79(7,8)55-81(11,12)57-83(15,16)59-85(19,20)61-87(23,24)63-89(27,28)65-91(31,32)67-93(35,36)69-95(39,40)71-97(43,44)73-99(47,48)75-101(51,52)76-100(49,50)74-98(45,46)72-96(41,42)70-94(37,38)68-92(33,34)66-90(29,30)64-88(25,26)62-86(21,22)60-84(17,18)58-82(13,14)56-80(9,10)54-78(4,5)6/h5-8,10-11,14,22-23H,2-4,16H2,1H3,(H2-,17,18,19,24,25);(H,7,8)(H,9,10)(H,11,12)(H,13,14)(H,15,16)(H,17,18)(H,19,20)(H,21,22)(H,23,24)(H,25,26)(H,27,28)(H,29,30)(H,31,32)(H,33,34)(H,35,36)(H,37,38)(H,39,40)(H,41,42)(H,43,44)(H,45,46)(H,47,48)(H,49,50)(H,51,52)(H2,1,2,3)(H2,4,5,6)/t7-,8+,10+,11+,14+,27?;/m0./s1. The van der Waals surface area contributed by atoms with E-state index < -0.39 is 232 Å². The van der Waals surface area contributed by atoms with Gasteiger partial charge < -0.3 is 168 Å². The fraction of sp³-hybridized carbons (Fsp3) is 0.600. The van der Waals surface area contributed by atoms with Crippen LogP contribution in [0.4, 0.5) is 5.82 Å². The van der Waals surface area contributed by atoms with Gasteiger partial charge >= 0.3 is 196 Å². The van der Waals surface area contributed by atoms with Crippen molar-refractivity contribution in [2.75, 3.05) is 23.5 Å². The molecule has 3 rings (SSSR count). The Kier molecular flexibility index (Phi) is 43.5. The largest absolute Gasteiger partial charge is 0.548 e. The highest BCUT2D eigenvalue weighted by atomic mass is 32.2. The number of carbonyl (C=O) groups is 1. The van der Waals surface area contributed by atoms with Gasteiger partial charge in [-0.3, -0.25) is 4.57 Å². The monoisotopic (exact) mass is 2420 g/mol. The number of nitrogen functional groups attached to an aromatic ring is 1. The van der Waals surface area contributed by atoms with Crippen molar-refractivity contribution in [3.05, 3.63) is 12.7 Å². The number of aliphatic carboxylic acids is 1. The number of carbonyl (C=O) groups excluding carboxylic acids is 1. The van der Waals surface area contributed by atoms with E-state index in [0.717, 1.165) is 0 Å². The molecule has 23 unspecified atom stereocenters. The van der Waals surface area contributed by atoms with E-state index in [1.54, 1.807) is 0 Å². The SMILES string of the molecule is C[S+](CC[C@H](N)C(=O)[O-])C[C@H]1O[C@@H](n2cnc3c(N)ncnc32)[C@H](O)[C@@H]1O.O=P(O)(O)OP(=O)(O)OP(=O)(O)OP(=O)(O)OP(=O)(O)OP(=O)(O)OP(=O)(O)OP(=O)(O)OP(=O)(O)OP(=O)(O)OP(=O)(O)OP(=O)(O)OP(=O)(O)OP(=O)(O)OP(=O)(O)OP(=O)(O)OP(=O)(O)OP(=O)(O)OP(=O)(O)OP(=O)(O)OP(=O)(O)OP(=O)(O)OP(=O)(O)OP(=O)(O)OP(=O)(O)O. The van der Waals surface area contributed by atoms with Crippen LogP contribution in [0.3, 0.4) is 0 Å². The van der Waals surface area contributed by atoms with Crippen LogP contribution in [-0.2, 0) is 238 Å². The van der Waals surface area contributed by atoms with Gasteiger partial charge in [0.25, 0.3) is 0 Å². The molecule has 0 aromatic carbocycles. The van der Waals surface area contributed by atoms with E-state index in [4.69, 9.17) is 45.6 Å². The molecule has 0 aliphatic carbocycles. The second-order valence-electron chi connectivity index (χ2n) is 20.2. The van der Waals surface area contributed by atoms with Crippen LogP contribution in [0.25, 0.3) is 11.2 Å². The van der Waals surface area contributed by atoms with E-state index in [1.165, 1.54) is 17.2 Å². The predicted octanol–water partition coefficient (Wildman–Crippen LogP) is -1.38. The quantitative estimate of drug-likeness (QED) is 0.0268. The van der Waals surface area contributed by atoms with Crippen LogP contribution in [0.15, 0.2) is 12.7 Å². The minimum absolute atomic E-state index is 0.211. The van der Waals surface area contributed by atoms with Gasteiger partial charge in [-0.05, 0) is 10.9 Å². The molecule has 113 heteroatoms. The lowest BCUT2D eigenvalue weighted by molar-refractivity contribution is -0.307. The van der Waals surface area contributed by atoms with Crippen molar-refractivity contribution < 1.29 is 375 Å². The van der Waals surface area contributed by atoms with Gasteiger partial charge in [-0.25, -0.2) is 129 Å². The molecule has 1 saturated heterocycles. The number of nitrogens with two attached hydrogens (primary N) is 2. The minimum Gasteiger partial charge on any atom is -0.548 e. The maximum Gasteiger partial charge on any atom is 0.490 e. The second-order valence-corrected chi connectivity index (χ2v) is 61.7. The molecule has 87 nitrogen and oxygen atoms in total. The molecule has 1 aliphatic rings. The Morgan fingerprint density at radius 3 is 0.719 bits per heavy atom. The summed E-state index contributed by atoms with van der Waals surface area (Å²) in [6.45, 7) is 0. The van der Waals surface area contributed by atoms with Crippen LogP contribution in [-0.4, -0.2) is 210 Å². The molecule has 0 bridgehead atoms. The lowest BCUT2D eigenvalue weighted by atomic mass is 10.1. The molecular formula is C15H49N6O81P25S. The van der Waals surface area contributed by atoms with Crippen LogP contribution < -0.4 is 16.6 Å². The Bertz CT molecular complexity index is 5460. The van der Waals surface area contributed by atoms with Crippen LogP contribution in [0.2, 0.25) is 0 Å². The van der Waals surface area contributed by atoms with Gasteiger partial charge in [-0.1, -0.05) is 0 Å². The zero-order chi connectivity index (χ0) is 101. The molecule has 756 valence electrons. The topological polar surface area (TPSA) is 1380 Å². The summed E-state index contributed by atoms with van der Waals surface area (Å²) in [5.74, 6) is -0.0611. The van der Waals surface area contributed by atoms with Gasteiger partial charge in [0.05, 0.1) is 18.6 Å². The summed E-state index contributed by atoms with van der Waals surface area (Å²) in [6.07, 6.45) is 1.17. The molecule has 1 fully saturated rings. The highest BCUT2D eigenvalue weighted by Crippen LogP contribution is 2.84. The third-order valence-electron chi connectivity index (χ3n) is 9.49. The molecule has 28 atom stereocenters. The van der Waals surface area contributed by atoms with E-state index in [9.17, 15) is 237 Å². The lowest BCUT2D eigenvalue weighted by Crippen LogP contribution is -2.43. The Hall–Kier alpha value is 1.72. The molecule has 1 aliphatic heterocycles. The van der Waals surface area contributed by atoms with Gasteiger partial charge in [0.2, 0.25) is 0 Å². The van der Waals surface area contributed by atoms with Crippen LogP contribution >= 0.6 is 196 Å². The summed E-state index contributed by atoms with van der Waals surface area (Å²) in [6, 6.07) is -1.02. The highest BCUT2D eigenvalue weighted by molar-refractivity contribution is 7.96. The number of aromatic nitrogens is 4. The van der Waals surface area contributed by atoms with Crippen molar-refractivity contribution in [2.24, 2.45) is 5.73 Å². The average molecular weight is 2420 g/mol. The summed E-state index contributed by atoms with van der Waals surface area (Å²) in [5, 5.41) is 31.5. The molecule has 128 heavy (non-hydrogen) atoms. The fourth-order valence-electron chi connectivity index (χ4n) is 6.44. The molecule has 0 radical (unpaired) electrons. The van der Waals surface area contributed by atoms with Crippen LogP contribution in [0.5, 0.6) is 0 Å². The molecule has 0 spiro atoms. The Balaban J connectivity index is 0.00000172. The third kappa shape index (κ3) is 50.4. The summed E-state index contributed by atoms with van der Waals surface area (Å²) in [5.41, 5.74) is 12.0. The molecule has 2 aromatic rings. The number of rotatable bonds is 55. The number of nitrogens with zero attached hydrogens (tertiary/aromatic N) is 4. The zero-order valence-electron chi connectivity index (χ0n) is 57.9. The molecule has 33 N–H and O–H groups in total. The number of fused-ring (bicyclic) bond motifs is 1. The average Bonchev–Trinajstić information content (AvgIpc) is 1.61. The Morgan fingerprint density at radius 2 is 0.539 bits per heavy atom. The highest BCUT2D eigenvalue weighted by Gasteiger charge is 2.59. The number of aliphatic hydroxyl groups is 2. The molecule has 0 saturated carbocycles. The van der Waals surface area contributed by atoms with E-state index in [-0.39, 0.29) is 23.1 Å². The van der Waals surface area contributed by atoms with E-state index in [1.807, 2.05) is 6.26 Å². The number of carboxylic acids is 1. The number of anilines is 1. The number of aliphatic hydroxyl groups excluding tert-OH is 2. The third-order valence-corrected chi connectivity index (χ3v) is 51.0. The number of hydrogen-bond acceptors (Lipinski definition) is 59. The summed E-state index contributed by atoms with van der Waals surface area (Å²) in [4.78, 5) is 273. The summed E-state index contributed by atoms with van der Waals surface area (Å²) in [7, 11) is -178. The van der Waals surface area contributed by atoms with Crippen molar-refractivity contribution in [3.8, 4) is 0 Å².